The molecule has 6 heteroatoms. The van der Waals surface area contributed by atoms with Gasteiger partial charge >= 0.3 is 6.03 Å². The number of nitrogens with zero attached hydrogens (tertiary/aromatic N) is 1. The molecule has 6 nitrogen and oxygen atoms in total. The van der Waals surface area contributed by atoms with E-state index in [-0.39, 0.29) is 12.8 Å². The number of ether oxygens (including phenoxy) is 1. The van der Waals surface area contributed by atoms with Gasteiger partial charge in [0, 0.05) is 39.3 Å². The van der Waals surface area contributed by atoms with E-state index in [1.165, 1.54) is 0 Å². The average Bonchev–Trinajstić information content (AvgIpc) is 2.49. The van der Waals surface area contributed by atoms with Gasteiger partial charge in [-0.3, -0.25) is 4.90 Å². The maximum absolute atomic E-state index is 11.5. The van der Waals surface area contributed by atoms with Gasteiger partial charge in [0.1, 0.15) is 5.75 Å². The van der Waals surface area contributed by atoms with Gasteiger partial charge in [0.05, 0.1) is 0 Å². The van der Waals surface area contributed by atoms with Crippen LogP contribution in [0.1, 0.15) is 0 Å². The Hall–Kier alpha value is -1.79. The zero-order valence-electron chi connectivity index (χ0n) is 11.6. The van der Waals surface area contributed by atoms with Gasteiger partial charge in [0.2, 0.25) is 0 Å². The quantitative estimate of drug-likeness (QED) is 0.652. The van der Waals surface area contributed by atoms with E-state index >= 15 is 0 Å². The van der Waals surface area contributed by atoms with Crippen LogP contribution in [-0.4, -0.2) is 56.9 Å². The summed E-state index contributed by atoms with van der Waals surface area (Å²) < 4.78 is 5.38. The van der Waals surface area contributed by atoms with Crippen LogP contribution in [0.3, 0.4) is 0 Å². The van der Waals surface area contributed by atoms with E-state index < -0.39 is 0 Å². The van der Waals surface area contributed by atoms with Crippen LogP contribution in [-0.2, 0) is 0 Å². The first-order valence-electron chi connectivity index (χ1n) is 6.97. The zero-order valence-corrected chi connectivity index (χ0v) is 11.6. The Morgan fingerprint density at radius 2 is 1.95 bits per heavy atom. The first-order valence-corrected chi connectivity index (χ1v) is 6.97. The standard InChI is InChI=1S/C14H22N4O2/c19-14(16-8-11-18-9-6-15-7-10-18)17-12-20-13-4-2-1-3-5-13/h1-5,15H,6-12H2,(H2,16,17,19). The molecule has 0 atom stereocenters. The van der Waals surface area contributed by atoms with E-state index in [2.05, 4.69) is 20.9 Å². The van der Waals surface area contributed by atoms with Crippen molar-refractivity contribution in [2.24, 2.45) is 0 Å². The van der Waals surface area contributed by atoms with Gasteiger partial charge in [-0.1, -0.05) is 18.2 Å². The smallest absolute Gasteiger partial charge is 0.317 e. The molecule has 2 amide bonds. The molecule has 1 aromatic carbocycles. The number of carbonyl (C=O) groups is 1. The monoisotopic (exact) mass is 278 g/mol. The summed E-state index contributed by atoms with van der Waals surface area (Å²) in [5, 5.41) is 8.79. The Morgan fingerprint density at radius 1 is 1.20 bits per heavy atom. The summed E-state index contributed by atoms with van der Waals surface area (Å²) in [5.41, 5.74) is 0. The summed E-state index contributed by atoms with van der Waals surface area (Å²) in [6, 6.07) is 9.21. The summed E-state index contributed by atoms with van der Waals surface area (Å²) in [4.78, 5) is 13.9. The van der Waals surface area contributed by atoms with E-state index in [1.54, 1.807) is 0 Å². The molecule has 2 rings (SSSR count). The van der Waals surface area contributed by atoms with Crippen molar-refractivity contribution >= 4 is 6.03 Å². The van der Waals surface area contributed by atoms with E-state index in [4.69, 9.17) is 4.74 Å². The molecule has 0 saturated carbocycles. The van der Waals surface area contributed by atoms with Crippen molar-refractivity contribution < 1.29 is 9.53 Å². The van der Waals surface area contributed by atoms with Crippen molar-refractivity contribution in [3.63, 3.8) is 0 Å². The lowest BCUT2D eigenvalue weighted by Gasteiger charge is -2.27. The van der Waals surface area contributed by atoms with Crippen LogP contribution < -0.4 is 20.7 Å². The van der Waals surface area contributed by atoms with Crippen LogP contribution in [0.25, 0.3) is 0 Å². The highest BCUT2D eigenvalue weighted by Crippen LogP contribution is 2.06. The fourth-order valence-electron chi connectivity index (χ4n) is 2.03. The number of urea groups is 1. The molecular formula is C14H22N4O2. The van der Waals surface area contributed by atoms with Gasteiger partial charge in [-0.05, 0) is 12.1 Å². The van der Waals surface area contributed by atoms with Gasteiger partial charge in [-0.2, -0.15) is 0 Å². The highest BCUT2D eigenvalue weighted by molar-refractivity contribution is 5.73. The fourth-order valence-corrected chi connectivity index (χ4v) is 2.03. The second-order valence-electron chi connectivity index (χ2n) is 4.63. The fraction of sp³-hybridized carbons (Fsp3) is 0.500. The molecule has 0 bridgehead atoms. The van der Waals surface area contributed by atoms with E-state index in [1.807, 2.05) is 30.3 Å². The van der Waals surface area contributed by atoms with Gasteiger partial charge in [-0.25, -0.2) is 4.79 Å². The topological polar surface area (TPSA) is 65.6 Å². The number of hydrogen-bond donors (Lipinski definition) is 3. The summed E-state index contributed by atoms with van der Waals surface area (Å²) in [6.07, 6.45) is 0. The third-order valence-corrected chi connectivity index (χ3v) is 3.14. The molecule has 20 heavy (non-hydrogen) atoms. The highest BCUT2D eigenvalue weighted by Gasteiger charge is 2.09. The minimum Gasteiger partial charge on any atom is -0.473 e. The first kappa shape index (κ1) is 14.6. The molecule has 1 fully saturated rings. The Labute approximate surface area is 119 Å². The van der Waals surface area contributed by atoms with Crippen LogP contribution in [0.5, 0.6) is 5.75 Å². The Balaban J connectivity index is 1.52. The van der Waals surface area contributed by atoms with Crippen molar-refractivity contribution in [1.82, 2.24) is 20.9 Å². The lowest BCUT2D eigenvalue weighted by Crippen LogP contribution is -2.47. The van der Waals surface area contributed by atoms with Crippen LogP contribution >= 0.6 is 0 Å². The van der Waals surface area contributed by atoms with E-state index in [9.17, 15) is 4.79 Å². The van der Waals surface area contributed by atoms with Crippen LogP contribution in [0.4, 0.5) is 4.79 Å². The molecule has 0 unspecified atom stereocenters. The van der Waals surface area contributed by atoms with Gasteiger partial charge in [-0.15, -0.1) is 0 Å². The molecule has 1 heterocycles. The molecule has 1 aliphatic rings. The Kier molecular flexibility index (Phi) is 6.13. The van der Waals surface area contributed by atoms with Gasteiger partial charge in [0.25, 0.3) is 0 Å². The number of nitrogens with one attached hydrogen (secondary N) is 3. The Morgan fingerprint density at radius 3 is 2.70 bits per heavy atom. The van der Waals surface area contributed by atoms with Crippen molar-refractivity contribution in [3.8, 4) is 5.75 Å². The van der Waals surface area contributed by atoms with E-state index in [0.29, 0.717) is 6.54 Å². The molecule has 110 valence electrons. The number of amides is 2. The number of carbonyl (C=O) groups excluding carboxylic acids is 1. The zero-order chi connectivity index (χ0) is 14.0. The summed E-state index contributed by atoms with van der Waals surface area (Å²) >= 11 is 0. The molecule has 0 aliphatic carbocycles. The van der Waals surface area contributed by atoms with Crippen molar-refractivity contribution in [2.75, 3.05) is 46.0 Å². The highest BCUT2D eigenvalue weighted by atomic mass is 16.5. The minimum atomic E-state index is -0.198. The van der Waals surface area contributed by atoms with Gasteiger partial charge in [0.15, 0.2) is 6.73 Å². The molecule has 1 saturated heterocycles. The maximum atomic E-state index is 11.5. The van der Waals surface area contributed by atoms with Crippen LogP contribution in [0, 0.1) is 0 Å². The third kappa shape index (κ3) is 5.46. The average molecular weight is 278 g/mol. The summed E-state index contributed by atoms with van der Waals surface area (Å²) in [7, 11) is 0. The predicted octanol–water partition coefficient (Wildman–Crippen LogP) is 0.227. The molecule has 0 radical (unpaired) electrons. The first-order chi connectivity index (χ1) is 9.84. The second-order valence-corrected chi connectivity index (χ2v) is 4.63. The SMILES string of the molecule is O=C(NCCN1CCNCC1)NCOc1ccccc1. The lowest BCUT2D eigenvalue weighted by molar-refractivity contribution is 0.216. The normalized spacial score (nSPS) is 15.6. The maximum Gasteiger partial charge on any atom is 0.317 e. The minimum absolute atomic E-state index is 0.170. The van der Waals surface area contributed by atoms with Gasteiger partial charge < -0.3 is 20.7 Å². The number of piperazine rings is 1. The molecule has 0 aromatic heterocycles. The third-order valence-electron chi connectivity index (χ3n) is 3.14. The van der Waals surface area contributed by atoms with Crippen molar-refractivity contribution in [2.45, 2.75) is 0 Å². The molecule has 3 N–H and O–H groups in total. The van der Waals surface area contributed by atoms with E-state index in [0.717, 1.165) is 38.5 Å². The predicted molar refractivity (Wildman–Crippen MR) is 77.8 cm³/mol. The summed E-state index contributed by atoms with van der Waals surface area (Å²) in [5.74, 6) is 0.744. The number of hydrogen-bond acceptors (Lipinski definition) is 4. The molecule has 1 aromatic rings. The summed E-state index contributed by atoms with van der Waals surface area (Å²) in [6.45, 7) is 5.84. The van der Waals surface area contributed by atoms with Crippen LogP contribution in [0.15, 0.2) is 30.3 Å². The second kappa shape index (κ2) is 8.39. The number of rotatable bonds is 6. The van der Waals surface area contributed by atoms with Crippen LogP contribution in [0.2, 0.25) is 0 Å². The lowest BCUT2D eigenvalue weighted by atomic mass is 10.3. The molecule has 0 spiro atoms. The van der Waals surface area contributed by atoms with Crippen molar-refractivity contribution in [1.29, 1.82) is 0 Å². The Bertz CT molecular complexity index is 393. The van der Waals surface area contributed by atoms with Crippen molar-refractivity contribution in [3.05, 3.63) is 30.3 Å². The largest absolute Gasteiger partial charge is 0.473 e. The molecule has 1 aliphatic heterocycles. The number of para-hydroxylation sites is 1. The molecular weight excluding hydrogens is 256 g/mol. The number of benzene rings is 1.